The number of amides is 2. The summed E-state index contributed by atoms with van der Waals surface area (Å²) in [6.07, 6.45) is 3.47. The number of piperidine rings is 2. The van der Waals surface area contributed by atoms with Gasteiger partial charge in [0, 0.05) is 51.9 Å². The second kappa shape index (κ2) is 11.1. The number of ether oxygens (including phenoxy) is 4. The predicted molar refractivity (Wildman–Crippen MR) is 125 cm³/mol. The highest BCUT2D eigenvalue weighted by atomic mass is 16.6. The fourth-order valence-corrected chi connectivity index (χ4v) is 3.89. The van der Waals surface area contributed by atoms with Gasteiger partial charge in [-0.1, -0.05) is 0 Å². The molecule has 34 heavy (non-hydrogen) atoms. The zero-order chi connectivity index (χ0) is 24.9. The van der Waals surface area contributed by atoms with Gasteiger partial charge in [-0.3, -0.25) is 0 Å². The van der Waals surface area contributed by atoms with E-state index in [0.717, 1.165) is 5.56 Å². The van der Waals surface area contributed by atoms with Gasteiger partial charge in [0.1, 0.15) is 24.1 Å². The van der Waals surface area contributed by atoms with Gasteiger partial charge in [-0.2, -0.15) is 0 Å². The lowest BCUT2D eigenvalue weighted by Crippen LogP contribution is -2.44. The molecule has 10 nitrogen and oxygen atoms in total. The highest BCUT2D eigenvalue weighted by Gasteiger charge is 2.29. The van der Waals surface area contributed by atoms with Crippen LogP contribution in [0.4, 0.5) is 9.59 Å². The van der Waals surface area contributed by atoms with Crippen molar-refractivity contribution in [2.45, 2.75) is 91.1 Å². The van der Waals surface area contributed by atoms with Crippen molar-refractivity contribution in [2.75, 3.05) is 26.2 Å². The van der Waals surface area contributed by atoms with E-state index in [4.69, 9.17) is 18.9 Å². The molecule has 0 atom stereocenters. The van der Waals surface area contributed by atoms with Crippen LogP contribution >= 0.6 is 0 Å². The summed E-state index contributed by atoms with van der Waals surface area (Å²) in [5.41, 5.74) is 0.242. The first-order valence-electron chi connectivity index (χ1n) is 12.1. The van der Waals surface area contributed by atoms with Crippen LogP contribution in [0.2, 0.25) is 0 Å². The van der Waals surface area contributed by atoms with Gasteiger partial charge < -0.3 is 28.7 Å². The van der Waals surface area contributed by atoms with Crippen molar-refractivity contribution < 1.29 is 28.5 Å². The fraction of sp³-hybridized carbons (Fsp3) is 0.750. The highest BCUT2D eigenvalue weighted by molar-refractivity contribution is 5.68. The molecule has 2 saturated heterocycles. The largest absolute Gasteiger partial charge is 0.474 e. The van der Waals surface area contributed by atoms with E-state index < -0.39 is 5.60 Å². The van der Waals surface area contributed by atoms with Crippen LogP contribution in [-0.4, -0.2) is 82.0 Å². The molecule has 0 aliphatic carbocycles. The van der Waals surface area contributed by atoms with Crippen molar-refractivity contribution in [1.82, 2.24) is 19.8 Å². The molecule has 2 aliphatic rings. The Kier molecular flexibility index (Phi) is 8.43. The van der Waals surface area contributed by atoms with Gasteiger partial charge in [-0.25, -0.2) is 19.6 Å². The smallest absolute Gasteiger partial charge is 0.410 e. The molecule has 0 radical (unpaired) electrons. The normalized spacial score (nSPS) is 18.1. The molecule has 2 amide bonds. The SMILES string of the molecule is Cc1c(OC2CCN(C(=O)OC(C)C)CC2)ncnc1OC1CCN(C(=O)OC(C)(C)C)CC1. The Hall–Kier alpha value is -2.78. The highest BCUT2D eigenvalue weighted by Crippen LogP contribution is 2.28. The third-order valence-corrected chi connectivity index (χ3v) is 5.68. The lowest BCUT2D eigenvalue weighted by atomic mass is 10.1. The van der Waals surface area contributed by atoms with E-state index >= 15 is 0 Å². The van der Waals surface area contributed by atoms with Crippen LogP contribution in [0.3, 0.4) is 0 Å². The average molecular weight is 479 g/mol. The van der Waals surface area contributed by atoms with E-state index in [1.165, 1.54) is 6.33 Å². The molecule has 190 valence electrons. The van der Waals surface area contributed by atoms with Gasteiger partial charge in [0.25, 0.3) is 0 Å². The van der Waals surface area contributed by atoms with E-state index in [2.05, 4.69) is 9.97 Å². The van der Waals surface area contributed by atoms with Gasteiger partial charge in [-0.15, -0.1) is 0 Å². The summed E-state index contributed by atoms with van der Waals surface area (Å²) in [5.74, 6) is 0.998. The maximum Gasteiger partial charge on any atom is 0.410 e. The van der Waals surface area contributed by atoms with Crippen LogP contribution in [0.25, 0.3) is 0 Å². The van der Waals surface area contributed by atoms with Crippen LogP contribution < -0.4 is 9.47 Å². The van der Waals surface area contributed by atoms with Gasteiger partial charge in [-0.05, 0) is 41.5 Å². The number of aromatic nitrogens is 2. The molecule has 0 unspecified atom stereocenters. The van der Waals surface area contributed by atoms with Crippen LogP contribution in [0, 0.1) is 6.92 Å². The van der Waals surface area contributed by atoms with Crippen LogP contribution in [0.5, 0.6) is 11.8 Å². The van der Waals surface area contributed by atoms with E-state index in [0.29, 0.717) is 63.6 Å². The Morgan fingerprint density at radius 1 is 0.882 bits per heavy atom. The van der Waals surface area contributed by atoms with Crippen molar-refractivity contribution in [3.63, 3.8) is 0 Å². The van der Waals surface area contributed by atoms with Crippen molar-refractivity contribution in [3.05, 3.63) is 11.9 Å². The van der Waals surface area contributed by atoms with E-state index in [1.807, 2.05) is 41.5 Å². The Balaban J connectivity index is 1.49. The average Bonchev–Trinajstić information content (AvgIpc) is 2.76. The maximum atomic E-state index is 12.3. The Morgan fingerprint density at radius 2 is 1.32 bits per heavy atom. The molecule has 10 heteroatoms. The molecule has 0 aromatic carbocycles. The molecule has 3 rings (SSSR count). The Morgan fingerprint density at radius 3 is 1.74 bits per heavy atom. The Bertz CT molecular complexity index is 840. The number of hydrogen-bond donors (Lipinski definition) is 0. The topological polar surface area (TPSA) is 103 Å². The molecule has 0 saturated carbocycles. The molecular weight excluding hydrogens is 440 g/mol. The minimum atomic E-state index is -0.507. The third-order valence-electron chi connectivity index (χ3n) is 5.68. The summed E-state index contributed by atoms with van der Waals surface area (Å²) in [5, 5.41) is 0. The Labute approximate surface area is 201 Å². The number of rotatable bonds is 5. The molecule has 1 aromatic heterocycles. The quantitative estimate of drug-likeness (QED) is 0.627. The molecular formula is C24H38N4O6. The summed E-state index contributed by atoms with van der Waals surface area (Å²) < 4.78 is 23.0. The first-order chi connectivity index (χ1) is 16.0. The number of likely N-dealkylation sites (tertiary alicyclic amines) is 2. The van der Waals surface area contributed by atoms with Crippen LogP contribution in [0.15, 0.2) is 6.33 Å². The van der Waals surface area contributed by atoms with Crippen molar-refractivity contribution in [2.24, 2.45) is 0 Å². The molecule has 3 heterocycles. The second-order valence-electron chi connectivity index (χ2n) is 10.1. The van der Waals surface area contributed by atoms with Crippen LogP contribution in [-0.2, 0) is 9.47 Å². The van der Waals surface area contributed by atoms with E-state index in [9.17, 15) is 9.59 Å². The zero-order valence-electron chi connectivity index (χ0n) is 21.2. The minimum absolute atomic E-state index is 0.0402. The lowest BCUT2D eigenvalue weighted by molar-refractivity contribution is 0.0122. The van der Waals surface area contributed by atoms with Crippen molar-refractivity contribution in [1.29, 1.82) is 0 Å². The number of hydrogen-bond acceptors (Lipinski definition) is 8. The van der Waals surface area contributed by atoms with Crippen molar-refractivity contribution in [3.8, 4) is 11.8 Å². The summed E-state index contributed by atoms with van der Waals surface area (Å²) in [7, 11) is 0. The molecule has 2 aliphatic heterocycles. The summed E-state index contributed by atoms with van der Waals surface area (Å²) >= 11 is 0. The molecule has 2 fully saturated rings. The van der Waals surface area contributed by atoms with Crippen molar-refractivity contribution >= 4 is 12.2 Å². The first-order valence-corrected chi connectivity index (χ1v) is 12.1. The fourth-order valence-electron chi connectivity index (χ4n) is 3.89. The second-order valence-corrected chi connectivity index (χ2v) is 10.1. The third kappa shape index (κ3) is 7.36. The first kappa shape index (κ1) is 25.8. The van der Waals surface area contributed by atoms with Gasteiger partial charge in [0.05, 0.1) is 11.7 Å². The standard InChI is InChI=1S/C24H38N4O6/c1-16(2)31-22(29)27-11-7-18(8-12-27)32-20-17(3)21(26-15-25-20)33-19-9-13-28(14-10-19)23(30)34-24(4,5)6/h15-16,18-19H,7-14H2,1-6H3. The van der Waals surface area contributed by atoms with Gasteiger partial charge in [0.15, 0.2) is 0 Å². The monoisotopic (exact) mass is 478 g/mol. The summed E-state index contributed by atoms with van der Waals surface area (Å²) in [4.78, 5) is 36.4. The summed E-state index contributed by atoms with van der Waals surface area (Å²) in [6.45, 7) is 13.5. The van der Waals surface area contributed by atoms with Gasteiger partial charge in [0.2, 0.25) is 11.8 Å². The van der Waals surface area contributed by atoms with Gasteiger partial charge >= 0.3 is 12.2 Å². The number of carbonyl (C=O) groups excluding carboxylic acids is 2. The molecule has 0 N–H and O–H groups in total. The maximum absolute atomic E-state index is 12.3. The van der Waals surface area contributed by atoms with E-state index in [1.54, 1.807) is 9.80 Å². The van der Waals surface area contributed by atoms with Crippen LogP contribution in [0.1, 0.15) is 65.9 Å². The molecule has 1 aromatic rings. The lowest BCUT2D eigenvalue weighted by Gasteiger charge is -2.33. The zero-order valence-corrected chi connectivity index (χ0v) is 21.2. The molecule has 0 spiro atoms. The number of nitrogens with zero attached hydrogens (tertiary/aromatic N) is 4. The molecule has 0 bridgehead atoms. The predicted octanol–water partition coefficient (Wildman–Crippen LogP) is 3.95. The minimum Gasteiger partial charge on any atom is -0.474 e. The summed E-state index contributed by atoms with van der Waals surface area (Å²) in [6, 6.07) is 0. The van der Waals surface area contributed by atoms with E-state index in [-0.39, 0.29) is 30.5 Å². The number of carbonyl (C=O) groups is 2.